The standard InChI is InChI=1S/C7H16O.Li.H/c1-4-7(8,5-2)6-3;;/h8H,4-6H2,1-3H3;;/q;+1;-1. The Hall–Kier alpha value is 0.557. The Morgan fingerprint density at radius 1 is 1.11 bits per heavy atom. The summed E-state index contributed by atoms with van der Waals surface area (Å²) < 4.78 is 0. The third-order valence-electron chi connectivity index (χ3n) is 1.97. The van der Waals surface area contributed by atoms with E-state index in [1.54, 1.807) is 0 Å². The van der Waals surface area contributed by atoms with Crippen LogP contribution >= 0.6 is 0 Å². The van der Waals surface area contributed by atoms with Crippen molar-refractivity contribution in [2.75, 3.05) is 0 Å². The maximum Gasteiger partial charge on any atom is 1.00 e. The van der Waals surface area contributed by atoms with Gasteiger partial charge in [-0.25, -0.2) is 0 Å². The van der Waals surface area contributed by atoms with Crippen LogP contribution in [0.5, 0.6) is 0 Å². The van der Waals surface area contributed by atoms with Gasteiger partial charge in [0.25, 0.3) is 0 Å². The SMILES string of the molecule is CCC(O)(CC)CC.[H-].[Li+]. The second-order valence-electron chi connectivity index (χ2n) is 2.29. The molecule has 0 unspecified atom stereocenters. The van der Waals surface area contributed by atoms with E-state index in [2.05, 4.69) is 0 Å². The van der Waals surface area contributed by atoms with Crippen LogP contribution in [0.1, 0.15) is 41.5 Å². The molecule has 2 heteroatoms. The van der Waals surface area contributed by atoms with E-state index < -0.39 is 0 Å². The third-order valence-corrected chi connectivity index (χ3v) is 1.97. The predicted octanol–water partition coefficient (Wildman–Crippen LogP) is -0.936. The molecule has 0 heterocycles. The Morgan fingerprint density at radius 3 is 1.33 bits per heavy atom. The molecule has 52 valence electrons. The van der Waals surface area contributed by atoms with Gasteiger partial charge in [0.05, 0.1) is 5.60 Å². The molecule has 9 heavy (non-hydrogen) atoms. The van der Waals surface area contributed by atoms with Crippen LogP contribution in [0.2, 0.25) is 0 Å². The summed E-state index contributed by atoms with van der Waals surface area (Å²) in [7, 11) is 0. The molecule has 0 aliphatic rings. The van der Waals surface area contributed by atoms with Crippen LogP contribution in [-0.2, 0) is 0 Å². The van der Waals surface area contributed by atoms with Gasteiger partial charge in [-0.15, -0.1) is 0 Å². The molecular weight excluding hydrogens is 107 g/mol. The van der Waals surface area contributed by atoms with Gasteiger partial charge in [-0.3, -0.25) is 0 Å². The van der Waals surface area contributed by atoms with Crippen molar-refractivity contribution < 1.29 is 25.4 Å². The zero-order valence-corrected chi connectivity index (χ0v) is 7.07. The Morgan fingerprint density at radius 2 is 1.33 bits per heavy atom. The van der Waals surface area contributed by atoms with Gasteiger partial charge in [0.2, 0.25) is 0 Å². The molecule has 0 fully saturated rings. The molecule has 0 rings (SSSR count). The first-order chi connectivity index (χ1) is 3.68. The monoisotopic (exact) mass is 124 g/mol. The van der Waals surface area contributed by atoms with Crippen molar-refractivity contribution in [1.82, 2.24) is 0 Å². The van der Waals surface area contributed by atoms with Gasteiger partial charge >= 0.3 is 18.9 Å². The van der Waals surface area contributed by atoms with Crippen LogP contribution in [0.3, 0.4) is 0 Å². The number of hydrogen-bond donors (Lipinski definition) is 1. The van der Waals surface area contributed by atoms with Crippen molar-refractivity contribution in [3.63, 3.8) is 0 Å². The number of rotatable bonds is 3. The molecule has 0 radical (unpaired) electrons. The summed E-state index contributed by atoms with van der Waals surface area (Å²) >= 11 is 0. The molecule has 0 saturated heterocycles. The summed E-state index contributed by atoms with van der Waals surface area (Å²) in [6, 6.07) is 0. The zero-order chi connectivity index (χ0) is 6.62. The second kappa shape index (κ2) is 5.35. The second-order valence-corrected chi connectivity index (χ2v) is 2.29. The van der Waals surface area contributed by atoms with Crippen molar-refractivity contribution in [3.05, 3.63) is 0 Å². The van der Waals surface area contributed by atoms with E-state index in [-0.39, 0.29) is 25.9 Å². The normalized spacial score (nSPS) is 10.7. The largest absolute Gasteiger partial charge is 1.00 e. The molecule has 1 N–H and O–H groups in total. The Bertz CT molecular complexity index is 56.4. The topological polar surface area (TPSA) is 20.2 Å². The maximum atomic E-state index is 9.44. The fourth-order valence-electron chi connectivity index (χ4n) is 0.750. The van der Waals surface area contributed by atoms with Gasteiger partial charge in [0, 0.05) is 0 Å². The zero-order valence-electron chi connectivity index (χ0n) is 8.07. The van der Waals surface area contributed by atoms with Gasteiger partial charge in [-0.1, -0.05) is 20.8 Å². The summed E-state index contributed by atoms with van der Waals surface area (Å²) in [5.74, 6) is 0. The Kier molecular flexibility index (Phi) is 7.29. The molecular formula is C7H17LiO. The summed E-state index contributed by atoms with van der Waals surface area (Å²) in [5.41, 5.74) is -0.375. The van der Waals surface area contributed by atoms with Crippen molar-refractivity contribution in [3.8, 4) is 0 Å². The summed E-state index contributed by atoms with van der Waals surface area (Å²) in [4.78, 5) is 0. The van der Waals surface area contributed by atoms with Crippen molar-refractivity contribution in [2.45, 2.75) is 45.6 Å². The van der Waals surface area contributed by atoms with E-state index in [1.165, 1.54) is 0 Å². The van der Waals surface area contributed by atoms with Crippen molar-refractivity contribution >= 4 is 0 Å². The molecule has 0 aliphatic heterocycles. The maximum absolute atomic E-state index is 9.44. The van der Waals surface area contributed by atoms with E-state index in [0.717, 1.165) is 19.3 Å². The first-order valence-electron chi connectivity index (χ1n) is 3.41. The molecule has 0 bridgehead atoms. The minimum absolute atomic E-state index is 0. The molecule has 0 aromatic rings. The smallest absolute Gasteiger partial charge is 1.00 e. The first-order valence-corrected chi connectivity index (χ1v) is 3.41. The fraction of sp³-hybridized carbons (Fsp3) is 1.00. The van der Waals surface area contributed by atoms with Crippen molar-refractivity contribution in [2.24, 2.45) is 0 Å². The van der Waals surface area contributed by atoms with Crippen LogP contribution in [0.4, 0.5) is 0 Å². The van der Waals surface area contributed by atoms with E-state index in [1.807, 2.05) is 20.8 Å². The van der Waals surface area contributed by atoms with Crippen LogP contribution in [-0.4, -0.2) is 10.7 Å². The summed E-state index contributed by atoms with van der Waals surface area (Å²) in [6.45, 7) is 6.06. The Labute approximate surface area is 71.5 Å². The average molecular weight is 124 g/mol. The molecule has 0 atom stereocenters. The van der Waals surface area contributed by atoms with E-state index in [4.69, 9.17) is 0 Å². The van der Waals surface area contributed by atoms with Gasteiger partial charge in [0.1, 0.15) is 0 Å². The van der Waals surface area contributed by atoms with E-state index in [9.17, 15) is 5.11 Å². The Balaban J connectivity index is -0.000000245. The summed E-state index contributed by atoms with van der Waals surface area (Å²) in [6.07, 6.45) is 2.62. The number of aliphatic hydroxyl groups is 1. The van der Waals surface area contributed by atoms with Crippen LogP contribution in [0, 0.1) is 0 Å². The van der Waals surface area contributed by atoms with Gasteiger partial charge < -0.3 is 6.53 Å². The number of hydrogen-bond acceptors (Lipinski definition) is 1. The average Bonchev–Trinajstić information content (AvgIpc) is 1.87. The van der Waals surface area contributed by atoms with Crippen LogP contribution < -0.4 is 18.9 Å². The van der Waals surface area contributed by atoms with Crippen LogP contribution in [0.15, 0.2) is 0 Å². The van der Waals surface area contributed by atoms with Crippen molar-refractivity contribution in [1.29, 1.82) is 0 Å². The molecule has 0 aliphatic carbocycles. The van der Waals surface area contributed by atoms with Crippen LogP contribution in [0.25, 0.3) is 0 Å². The molecule has 0 saturated carbocycles. The molecule has 0 aromatic heterocycles. The van der Waals surface area contributed by atoms with Gasteiger partial charge in [-0.05, 0) is 19.3 Å². The quantitative estimate of drug-likeness (QED) is 0.482. The minimum Gasteiger partial charge on any atom is -1.00 e. The predicted molar refractivity (Wildman–Crippen MR) is 36.9 cm³/mol. The molecule has 0 amide bonds. The molecule has 1 nitrogen and oxygen atoms in total. The first kappa shape index (κ1) is 12.3. The van der Waals surface area contributed by atoms with E-state index in [0.29, 0.717) is 0 Å². The fourth-order valence-corrected chi connectivity index (χ4v) is 0.750. The third kappa shape index (κ3) is 4.03. The molecule has 0 spiro atoms. The van der Waals surface area contributed by atoms with Gasteiger partial charge in [0.15, 0.2) is 0 Å². The minimum atomic E-state index is -0.375. The van der Waals surface area contributed by atoms with Gasteiger partial charge in [-0.2, -0.15) is 0 Å². The summed E-state index contributed by atoms with van der Waals surface area (Å²) in [5, 5.41) is 9.44. The van der Waals surface area contributed by atoms with E-state index >= 15 is 0 Å². The molecule has 0 aromatic carbocycles.